The van der Waals surface area contributed by atoms with E-state index in [1.54, 1.807) is 0 Å². The Labute approximate surface area is 82.0 Å². The molecule has 0 saturated carbocycles. The van der Waals surface area contributed by atoms with Crippen LogP contribution in [0.2, 0.25) is 0 Å². The quantitative estimate of drug-likeness (QED) is 0.588. The van der Waals surface area contributed by atoms with E-state index in [0.29, 0.717) is 0 Å². The van der Waals surface area contributed by atoms with E-state index in [-0.39, 0.29) is 0 Å². The molecule has 2 N–H and O–H groups in total. The van der Waals surface area contributed by atoms with Crippen molar-refractivity contribution in [3.8, 4) is 5.88 Å². The number of nitrogen functional groups attached to an aromatic ring is 1. The van der Waals surface area contributed by atoms with Gasteiger partial charge in [-0.1, -0.05) is 0 Å². The summed E-state index contributed by atoms with van der Waals surface area (Å²) in [7, 11) is 0. The Morgan fingerprint density at radius 2 is 2.27 bits per heavy atom. The lowest BCUT2D eigenvalue weighted by molar-refractivity contribution is -0.385. The standard InChI is InChI=1S/C6H6F2N4O3/c7-3(8)1-15-6-4(12(13)14)5(9)10-2-11-6/h2-3H,1H2,(H2,9,10,11). The molecule has 0 saturated heterocycles. The van der Waals surface area contributed by atoms with Gasteiger partial charge in [0.05, 0.1) is 4.92 Å². The lowest BCUT2D eigenvalue weighted by atomic mass is 10.4. The molecule has 0 radical (unpaired) electrons. The molecule has 0 unspecified atom stereocenters. The van der Waals surface area contributed by atoms with Gasteiger partial charge in [-0.25, -0.2) is 13.8 Å². The maximum absolute atomic E-state index is 11.8. The average molecular weight is 220 g/mol. The predicted molar refractivity (Wildman–Crippen MR) is 44.6 cm³/mol. The van der Waals surface area contributed by atoms with E-state index in [9.17, 15) is 18.9 Å². The molecule has 1 heterocycles. The van der Waals surface area contributed by atoms with Gasteiger partial charge in [-0.3, -0.25) is 10.1 Å². The van der Waals surface area contributed by atoms with E-state index < -0.39 is 35.3 Å². The van der Waals surface area contributed by atoms with Gasteiger partial charge in [0.2, 0.25) is 5.82 Å². The number of alkyl halides is 2. The maximum atomic E-state index is 11.8. The van der Waals surface area contributed by atoms with Crippen LogP contribution in [-0.2, 0) is 0 Å². The summed E-state index contributed by atoms with van der Waals surface area (Å²) in [5, 5.41) is 10.5. The average Bonchev–Trinajstić information content (AvgIpc) is 2.13. The highest BCUT2D eigenvalue weighted by Crippen LogP contribution is 2.28. The second-order valence-electron chi connectivity index (χ2n) is 2.37. The summed E-state index contributed by atoms with van der Waals surface area (Å²) < 4.78 is 28.0. The third-order valence-electron chi connectivity index (χ3n) is 1.35. The SMILES string of the molecule is Nc1ncnc(OCC(F)F)c1[N+](=O)[O-]. The summed E-state index contributed by atoms with van der Waals surface area (Å²) in [6.45, 7) is -0.989. The fourth-order valence-electron chi connectivity index (χ4n) is 0.795. The van der Waals surface area contributed by atoms with Crippen molar-refractivity contribution in [2.45, 2.75) is 6.43 Å². The molecule has 82 valence electrons. The lowest BCUT2D eigenvalue weighted by Crippen LogP contribution is -2.11. The lowest BCUT2D eigenvalue weighted by Gasteiger charge is -2.04. The van der Waals surface area contributed by atoms with Gasteiger partial charge >= 0.3 is 5.69 Å². The molecule has 1 aromatic rings. The highest BCUT2D eigenvalue weighted by molar-refractivity contribution is 5.57. The van der Waals surface area contributed by atoms with Crippen LogP contribution in [0, 0.1) is 10.1 Å². The normalized spacial score (nSPS) is 10.3. The fourth-order valence-corrected chi connectivity index (χ4v) is 0.795. The summed E-state index contributed by atoms with van der Waals surface area (Å²) in [4.78, 5) is 16.3. The van der Waals surface area contributed by atoms with Crippen LogP contribution in [0.15, 0.2) is 6.33 Å². The zero-order chi connectivity index (χ0) is 11.4. The maximum Gasteiger partial charge on any atom is 0.372 e. The molecule has 0 aromatic carbocycles. The molecule has 0 aliphatic carbocycles. The minimum atomic E-state index is -2.75. The Balaban J connectivity index is 2.96. The summed E-state index contributed by atoms with van der Waals surface area (Å²) in [6, 6.07) is 0. The number of hydrogen-bond acceptors (Lipinski definition) is 6. The van der Waals surface area contributed by atoms with Crippen molar-refractivity contribution < 1.29 is 18.4 Å². The Kier molecular flexibility index (Phi) is 3.26. The van der Waals surface area contributed by atoms with E-state index in [1.165, 1.54) is 0 Å². The molecule has 0 bridgehead atoms. The van der Waals surface area contributed by atoms with E-state index in [0.717, 1.165) is 6.33 Å². The second kappa shape index (κ2) is 4.44. The fraction of sp³-hybridized carbons (Fsp3) is 0.333. The minimum absolute atomic E-state index is 0.431. The largest absolute Gasteiger partial charge is 0.467 e. The monoisotopic (exact) mass is 220 g/mol. The third kappa shape index (κ3) is 2.69. The van der Waals surface area contributed by atoms with E-state index in [1.807, 2.05) is 0 Å². The molecule has 1 aromatic heterocycles. The molecule has 0 aliphatic rings. The van der Waals surface area contributed by atoms with Gasteiger partial charge in [0, 0.05) is 0 Å². The number of nitrogens with two attached hydrogens (primary N) is 1. The van der Waals surface area contributed by atoms with Gasteiger partial charge in [-0.05, 0) is 0 Å². The summed E-state index contributed by atoms with van der Waals surface area (Å²) in [6.07, 6.45) is -1.86. The van der Waals surface area contributed by atoms with Gasteiger partial charge in [-0.2, -0.15) is 4.98 Å². The van der Waals surface area contributed by atoms with E-state index in [2.05, 4.69) is 14.7 Å². The summed E-state index contributed by atoms with van der Waals surface area (Å²) >= 11 is 0. The van der Waals surface area contributed by atoms with Crippen LogP contribution in [0.3, 0.4) is 0 Å². The molecule has 0 atom stereocenters. The van der Waals surface area contributed by atoms with Gasteiger partial charge < -0.3 is 10.5 Å². The number of aromatic nitrogens is 2. The van der Waals surface area contributed by atoms with Crippen molar-refractivity contribution in [3.63, 3.8) is 0 Å². The molecule has 0 amide bonds. The minimum Gasteiger partial charge on any atom is -0.467 e. The van der Waals surface area contributed by atoms with Crippen LogP contribution in [0.5, 0.6) is 5.88 Å². The molecular weight excluding hydrogens is 214 g/mol. The van der Waals surface area contributed by atoms with Crippen molar-refractivity contribution >= 4 is 11.5 Å². The van der Waals surface area contributed by atoms with Crippen molar-refractivity contribution in [2.75, 3.05) is 12.3 Å². The van der Waals surface area contributed by atoms with Gasteiger partial charge in [0.1, 0.15) is 6.33 Å². The zero-order valence-electron chi connectivity index (χ0n) is 7.26. The second-order valence-corrected chi connectivity index (χ2v) is 2.37. The van der Waals surface area contributed by atoms with Crippen LogP contribution < -0.4 is 10.5 Å². The number of anilines is 1. The van der Waals surface area contributed by atoms with Crippen LogP contribution in [0.4, 0.5) is 20.3 Å². The first-order valence-corrected chi connectivity index (χ1v) is 3.68. The molecule has 1 rings (SSSR count). The number of hydrogen-bond donors (Lipinski definition) is 1. The Morgan fingerprint density at radius 3 is 2.80 bits per heavy atom. The first kappa shape index (κ1) is 11.0. The van der Waals surface area contributed by atoms with Crippen molar-refractivity contribution in [1.82, 2.24) is 9.97 Å². The number of halogens is 2. The van der Waals surface area contributed by atoms with Crippen molar-refractivity contribution in [2.24, 2.45) is 0 Å². The molecular formula is C6H6F2N4O3. The Bertz CT molecular complexity index is 373. The number of nitro groups is 1. The first-order valence-electron chi connectivity index (χ1n) is 3.68. The summed E-state index contributed by atoms with van der Waals surface area (Å²) in [5.41, 5.74) is 4.46. The smallest absolute Gasteiger partial charge is 0.372 e. The van der Waals surface area contributed by atoms with Crippen molar-refractivity contribution in [3.05, 3.63) is 16.4 Å². The highest BCUT2D eigenvalue weighted by Gasteiger charge is 2.23. The summed E-state index contributed by atoms with van der Waals surface area (Å²) in [5.74, 6) is -0.993. The predicted octanol–water partition coefficient (Wildman–Crippen LogP) is 0.611. The molecule has 0 aliphatic heterocycles. The Morgan fingerprint density at radius 1 is 1.60 bits per heavy atom. The van der Waals surface area contributed by atoms with Crippen molar-refractivity contribution in [1.29, 1.82) is 0 Å². The van der Waals surface area contributed by atoms with E-state index in [4.69, 9.17) is 5.73 Å². The van der Waals surface area contributed by atoms with Crippen LogP contribution in [0.1, 0.15) is 0 Å². The van der Waals surface area contributed by atoms with Gasteiger partial charge in [0.15, 0.2) is 6.61 Å². The van der Waals surface area contributed by atoms with Crippen LogP contribution in [-0.4, -0.2) is 27.9 Å². The topological polar surface area (TPSA) is 104 Å². The highest BCUT2D eigenvalue weighted by atomic mass is 19.3. The molecule has 15 heavy (non-hydrogen) atoms. The van der Waals surface area contributed by atoms with Crippen LogP contribution >= 0.6 is 0 Å². The molecule has 0 fully saturated rings. The first-order chi connectivity index (χ1) is 7.02. The molecule has 9 heteroatoms. The van der Waals surface area contributed by atoms with Crippen LogP contribution in [0.25, 0.3) is 0 Å². The zero-order valence-corrected chi connectivity index (χ0v) is 7.26. The molecule has 7 nitrogen and oxygen atoms in total. The third-order valence-corrected chi connectivity index (χ3v) is 1.35. The number of nitrogens with zero attached hydrogens (tertiary/aromatic N) is 3. The number of ether oxygens (including phenoxy) is 1. The molecule has 0 spiro atoms. The van der Waals surface area contributed by atoms with Gasteiger partial charge in [-0.15, -0.1) is 0 Å². The van der Waals surface area contributed by atoms with E-state index >= 15 is 0 Å². The Hall–Kier alpha value is -2.06. The number of rotatable bonds is 4. The van der Waals surface area contributed by atoms with Gasteiger partial charge in [0.25, 0.3) is 12.3 Å².